The van der Waals surface area contributed by atoms with Crippen molar-refractivity contribution in [2.75, 3.05) is 27.4 Å². The highest BCUT2D eigenvalue weighted by Gasteiger charge is 2.33. The van der Waals surface area contributed by atoms with E-state index in [1.54, 1.807) is 0 Å². The number of ether oxygens (including phenoxy) is 2. The number of rotatable bonds is 5. The summed E-state index contributed by atoms with van der Waals surface area (Å²) in [4.78, 5) is 24.7. The van der Waals surface area contributed by atoms with E-state index >= 15 is 0 Å². The minimum Gasteiger partial charge on any atom is -0.493 e. The van der Waals surface area contributed by atoms with Crippen LogP contribution < -0.4 is 9.47 Å². The Balaban J connectivity index is 2.48. The van der Waals surface area contributed by atoms with E-state index in [1.807, 2.05) is 0 Å². The summed E-state index contributed by atoms with van der Waals surface area (Å²) in [6.45, 7) is 0.308. The zero-order chi connectivity index (χ0) is 16.3. The van der Waals surface area contributed by atoms with Crippen molar-refractivity contribution in [1.82, 2.24) is 4.90 Å². The Morgan fingerprint density at radius 2 is 2.05 bits per heavy atom. The summed E-state index contributed by atoms with van der Waals surface area (Å²) in [5.41, 5.74) is -0.408. The largest absolute Gasteiger partial charge is 0.493 e. The molecular weight excluding hydrogens is 292 g/mol. The van der Waals surface area contributed by atoms with Crippen LogP contribution in [0.5, 0.6) is 11.5 Å². The number of carbonyl (C=O) groups is 1. The molecule has 0 spiro atoms. The second-order valence-electron chi connectivity index (χ2n) is 4.96. The molecule has 8 nitrogen and oxygen atoms in total. The molecule has 1 aliphatic rings. The molecule has 1 fully saturated rings. The lowest BCUT2D eigenvalue weighted by Gasteiger charge is -2.23. The number of aliphatic hydroxyl groups excluding tert-OH is 1. The molecule has 0 saturated carbocycles. The van der Waals surface area contributed by atoms with Gasteiger partial charge in [0.2, 0.25) is 0 Å². The van der Waals surface area contributed by atoms with Crippen molar-refractivity contribution >= 4 is 11.6 Å². The molecule has 0 aromatic heterocycles. The van der Waals surface area contributed by atoms with Crippen LogP contribution in [0.3, 0.4) is 0 Å². The lowest BCUT2D eigenvalue weighted by Crippen LogP contribution is -2.37. The summed E-state index contributed by atoms with van der Waals surface area (Å²) in [6.07, 6.45) is 1.45. The maximum atomic E-state index is 12.6. The van der Waals surface area contributed by atoms with Crippen molar-refractivity contribution in [3.05, 3.63) is 27.8 Å². The number of benzene rings is 1. The van der Waals surface area contributed by atoms with Gasteiger partial charge in [-0.2, -0.15) is 0 Å². The van der Waals surface area contributed by atoms with Crippen LogP contribution in [0.25, 0.3) is 0 Å². The molecule has 1 N–H and O–H groups in total. The first-order valence-corrected chi connectivity index (χ1v) is 6.85. The molecular formula is C14H18N2O6. The maximum Gasteiger partial charge on any atom is 0.286 e. The Morgan fingerprint density at radius 3 is 2.59 bits per heavy atom. The second kappa shape index (κ2) is 6.61. The van der Waals surface area contributed by atoms with E-state index in [1.165, 1.54) is 31.3 Å². The van der Waals surface area contributed by atoms with E-state index < -0.39 is 10.8 Å². The standard InChI is InChI=1S/C14H18N2O6/c1-21-12-6-10(11(16(19)20)7-13(12)22-2)14(18)15-5-3-4-9(15)8-17/h6-7,9,17H,3-5,8H2,1-2H3/t9-/m0/s1. The van der Waals surface area contributed by atoms with Crippen molar-refractivity contribution in [3.63, 3.8) is 0 Å². The molecule has 0 bridgehead atoms. The third-order valence-electron chi connectivity index (χ3n) is 3.78. The first-order chi connectivity index (χ1) is 10.5. The van der Waals surface area contributed by atoms with Crippen molar-refractivity contribution < 1.29 is 24.3 Å². The summed E-state index contributed by atoms with van der Waals surface area (Å²) in [7, 11) is 2.76. The first kappa shape index (κ1) is 16.0. The molecule has 1 heterocycles. The Labute approximate surface area is 127 Å². The Bertz CT molecular complexity index is 589. The fourth-order valence-corrected chi connectivity index (χ4v) is 2.64. The van der Waals surface area contributed by atoms with E-state index in [9.17, 15) is 20.0 Å². The molecule has 1 aromatic rings. The lowest BCUT2D eigenvalue weighted by atomic mass is 10.1. The van der Waals surface area contributed by atoms with E-state index in [4.69, 9.17) is 9.47 Å². The number of hydrogen-bond donors (Lipinski definition) is 1. The van der Waals surface area contributed by atoms with Gasteiger partial charge in [-0.05, 0) is 12.8 Å². The summed E-state index contributed by atoms with van der Waals surface area (Å²) >= 11 is 0. The van der Waals surface area contributed by atoms with E-state index in [0.717, 1.165) is 6.42 Å². The first-order valence-electron chi connectivity index (χ1n) is 6.85. The van der Waals surface area contributed by atoms with Crippen molar-refractivity contribution in [3.8, 4) is 11.5 Å². The average molecular weight is 310 g/mol. The monoisotopic (exact) mass is 310 g/mol. The highest BCUT2D eigenvalue weighted by molar-refractivity contribution is 5.99. The minimum absolute atomic E-state index is 0.0667. The number of nitrogens with zero attached hydrogens (tertiary/aromatic N) is 2. The number of hydrogen-bond acceptors (Lipinski definition) is 6. The zero-order valence-electron chi connectivity index (χ0n) is 12.4. The van der Waals surface area contributed by atoms with Crippen LogP contribution in [0.1, 0.15) is 23.2 Å². The predicted molar refractivity (Wildman–Crippen MR) is 77.3 cm³/mol. The maximum absolute atomic E-state index is 12.6. The Morgan fingerprint density at radius 1 is 1.41 bits per heavy atom. The van der Waals surface area contributed by atoms with Crippen LogP contribution in [-0.4, -0.2) is 54.3 Å². The van der Waals surface area contributed by atoms with E-state index in [0.29, 0.717) is 13.0 Å². The van der Waals surface area contributed by atoms with Crippen molar-refractivity contribution in [2.24, 2.45) is 0 Å². The van der Waals surface area contributed by atoms with Gasteiger partial charge in [0.05, 0.1) is 37.9 Å². The fourth-order valence-electron chi connectivity index (χ4n) is 2.64. The SMILES string of the molecule is COc1cc(C(=O)N2CCC[C@H]2CO)c([N+](=O)[O-])cc1OC. The van der Waals surface area contributed by atoms with Crippen LogP contribution in [0.2, 0.25) is 0 Å². The third kappa shape index (κ3) is 2.82. The summed E-state index contributed by atoms with van der Waals surface area (Å²) < 4.78 is 10.1. The normalized spacial score (nSPS) is 17.4. The number of amides is 1. The molecule has 1 amide bonds. The van der Waals surface area contributed by atoms with E-state index in [-0.39, 0.29) is 35.4 Å². The van der Waals surface area contributed by atoms with Crippen molar-refractivity contribution in [1.29, 1.82) is 0 Å². The van der Waals surface area contributed by atoms with Gasteiger partial charge in [0.1, 0.15) is 5.56 Å². The quantitative estimate of drug-likeness (QED) is 0.648. The Hall–Kier alpha value is -2.35. The lowest BCUT2D eigenvalue weighted by molar-refractivity contribution is -0.385. The van der Waals surface area contributed by atoms with Gasteiger partial charge in [-0.15, -0.1) is 0 Å². The molecule has 120 valence electrons. The predicted octanol–water partition coefficient (Wildman–Crippen LogP) is 1.21. The smallest absolute Gasteiger partial charge is 0.286 e. The fraction of sp³-hybridized carbons (Fsp3) is 0.500. The molecule has 1 aromatic carbocycles. The third-order valence-corrected chi connectivity index (χ3v) is 3.78. The second-order valence-corrected chi connectivity index (χ2v) is 4.96. The molecule has 22 heavy (non-hydrogen) atoms. The summed E-state index contributed by atoms with van der Waals surface area (Å²) in [6, 6.07) is 2.18. The van der Waals surface area contributed by atoms with Gasteiger partial charge >= 0.3 is 0 Å². The average Bonchev–Trinajstić information content (AvgIpc) is 3.01. The molecule has 8 heteroatoms. The molecule has 1 aliphatic heterocycles. The van der Waals surface area contributed by atoms with Crippen molar-refractivity contribution in [2.45, 2.75) is 18.9 Å². The van der Waals surface area contributed by atoms with Crippen LogP contribution in [0.4, 0.5) is 5.69 Å². The Kier molecular flexibility index (Phi) is 4.81. The van der Waals surface area contributed by atoms with Gasteiger partial charge in [-0.25, -0.2) is 0 Å². The number of likely N-dealkylation sites (tertiary alicyclic amines) is 1. The highest BCUT2D eigenvalue weighted by atomic mass is 16.6. The van der Waals surface area contributed by atoms with Crippen LogP contribution in [0, 0.1) is 10.1 Å². The van der Waals surface area contributed by atoms with Gasteiger partial charge in [-0.1, -0.05) is 0 Å². The number of aliphatic hydroxyl groups is 1. The zero-order valence-corrected chi connectivity index (χ0v) is 12.4. The van der Waals surface area contributed by atoms with Gasteiger partial charge < -0.3 is 19.5 Å². The number of nitro benzene ring substituents is 1. The highest BCUT2D eigenvalue weighted by Crippen LogP contribution is 2.35. The van der Waals surface area contributed by atoms with Gasteiger partial charge in [0.15, 0.2) is 11.5 Å². The van der Waals surface area contributed by atoms with E-state index in [2.05, 4.69) is 0 Å². The molecule has 0 radical (unpaired) electrons. The summed E-state index contributed by atoms with van der Waals surface area (Å²) in [5.74, 6) is -0.0497. The van der Waals surface area contributed by atoms with Gasteiger partial charge in [0.25, 0.3) is 11.6 Å². The van der Waals surface area contributed by atoms with Gasteiger partial charge in [-0.3, -0.25) is 14.9 Å². The number of carbonyl (C=O) groups excluding carboxylic acids is 1. The van der Waals surface area contributed by atoms with Crippen LogP contribution in [0.15, 0.2) is 12.1 Å². The summed E-state index contributed by atoms with van der Waals surface area (Å²) in [5, 5.41) is 20.6. The van der Waals surface area contributed by atoms with Gasteiger partial charge in [0, 0.05) is 12.6 Å². The molecule has 1 saturated heterocycles. The molecule has 0 aliphatic carbocycles. The molecule has 2 rings (SSSR count). The molecule has 1 atom stereocenters. The number of nitro groups is 1. The topological polar surface area (TPSA) is 102 Å². The minimum atomic E-state index is -0.626. The van der Waals surface area contributed by atoms with Crippen LogP contribution in [-0.2, 0) is 0 Å². The molecule has 0 unspecified atom stereocenters. The van der Waals surface area contributed by atoms with Crippen LogP contribution >= 0.6 is 0 Å². The number of methoxy groups -OCH3 is 2.